The number of alkyl halides is 4. The van der Waals surface area contributed by atoms with Gasteiger partial charge in [0.15, 0.2) is 6.61 Å². The van der Waals surface area contributed by atoms with Crippen molar-refractivity contribution in [2.75, 3.05) is 6.61 Å². The van der Waals surface area contributed by atoms with Gasteiger partial charge < -0.3 is 10.5 Å². The number of hydrogen-bond acceptors (Lipinski definition) is 2. The van der Waals surface area contributed by atoms with E-state index in [-0.39, 0.29) is 21.3 Å². The molecule has 0 saturated heterocycles. The van der Waals surface area contributed by atoms with Crippen LogP contribution < -0.4 is 10.5 Å². The van der Waals surface area contributed by atoms with Gasteiger partial charge in [-0.3, -0.25) is 0 Å². The highest BCUT2D eigenvalue weighted by Gasteiger charge is 2.41. The normalized spacial score (nSPS) is 11.7. The van der Waals surface area contributed by atoms with E-state index in [1.165, 1.54) is 18.2 Å². The standard InChI is InChI=1S/C10H8ClF4NOS/c11-5-1-2-6(8(16)18)7(3-5)17-4-10(14,15)9(12)13/h1-3,9H,4H2,(H2,16,18). The van der Waals surface area contributed by atoms with Crippen LogP contribution in [0, 0.1) is 0 Å². The van der Waals surface area contributed by atoms with Gasteiger partial charge in [-0.15, -0.1) is 0 Å². The molecule has 0 aromatic heterocycles. The van der Waals surface area contributed by atoms with Crippen LogP contribution in [0.4, 0.5) is 17.6 Å². The van der Waals surface area contributed by atoms with Crippen LogP contribution in [0.5, 0.6) is 5.75 Å². The van der Waals surface area contributed by atoms with E-state index >= 15 is 0 Å². The van der Waals surface area contributed by atoms with Crippen molar-refractivity contribution in [1.82, 2.24) is 0 Å². The van der Waals surface area contributed by atoms with E-state index in [0.717, 1.165) is 0 Å². The maximum absolute atomic E-state index is 12.7. The third-order valence-electron chi connectivity index (χ3n) is 1.95. The molecule has 8 heteroatoms. The average Bonchev–Trinajstić information content (AvgIpc) is 2.26. The highest BCUT2D eigenvalue weighted by molar-refractivity contribution is 7.80. The van der Waals surface area contributed by atoms with Crippen molar-refractivity contribution in [2.45, 2.75) is 12.3 Å². The van der Waals surface area contributed by atoms with Crippen LogP contribution >= 0.6 is 23.8 Å². The van der Waals surface area contributed by atoms with Crippen LogP contribution in [-0.4, -0.2) is 23.9 Å². The molecule has 2 N–H and O–H groups in total. The first kappa shape index (κ1) is 15.0. The molecule has 2 nitrogen and oxygen atoms in total. The number of benzene rings is 1. The second-order valence-electron chi connectivity index (χ2n) is 3.36. The SMILES string of the molecule is NC(=S)c1ccc(Cl)cc1OCC(F)(F)C(F)F. The molecule has 0 radical (unpaired) electrons. The van der Waals surface area contributed by atoms with Crippen molar-refractivity contribution in [3.8, 4) is 5.75 Å². The lowest BCUT2D eigenvalue weighted by molar-refractivity contribution is -0.148. The molecule has 1 rings (SSSR count). The smallest absolute Gasteiger partial charge is 0.340 e. The number of halogens is 5. The number of rotatable bonds is 5. The minimum Gasteiger partial charge on any atom is -0.486 e. The lowest BCUT2D eigenvalue weighted by Crippen LogP contribution is -2.34. The molecule has 0 bridgehead atoms. The summed E-state index contributed by atoms with van der Waals surface area (Å²) in [5.41, 5.74) is 5.49. The third kappa shape index (κ3) is 3.71. The van der Waals surface area contributed by atoms with E-state index in [9.17, 15) is 17.6 Å². The summed E-state index contributed by atoms with van der Waals surface area (Å²) in [6.45, 7) is -1.49. The topological polar surface area (TPSA) is 35.2 Å². The molecule has 0 amide bonds. The largest absolute Gasteiger partial charge is 0.486 e. The molecule has 0 atom stereocenters. The fraction of sp³-hybridized carbons (Fsp3) is 0.300. The summed E-state index contributed by atoms with van der Waals surface area (Å²) < 4.78 is 53.9. The lowest BCUT2D eigenvalue weighted by atomic mass is 10.2. The van der Waals surface area contributed by atoms with Crippen LogP contribution in [0.25, 0.3) is 0 Å². The van der Waals surface area contributed by atoms with Gasteiger partial charge in [0.05, 0.1) is 5.56 Å². The third-order valence-corrected chi connectivity index (χ3v) is 2.40. The minimum atomic E-state index is -4.25. The van der Waals surface area contributed by atoms with Gasteiger partial charge in [0.1, 0.15) is 10.7 Å². The Hall–Kier alpha value is -1.08. The predicted molar refractivity (Wildman–Crippen MR) is 63.8 cm³/mol. The van der Waals surface area contributed by atoms with Gasteiger partial charge in [-0.1, -0.05) is 23.8 Å². The highest BCUT2D eigenvalue weighted by atomic mass is 35.5. The summed E-state index contributed by atoms with van der Waals surface area (Å²) in [5.74, 6) is -4.41. The van der Waals surface area contributed by atoms with E-state index in [1.807, 2.05) is 0 Å². The maximum atomic E-state index is 12.7. The van der Waals surface area contributed by atoms with Crippen LogP contribution in [0.1, 0.15) is 5.56 Å². The van der Waals surface area contributed by atoms with Gasteiger partial charge in [-0.2, -0.15) is 8.78 Å². The van der Waals surface area contributed by atoms with Gasteiger partial charge in [-0.05, 0) is 18.2 Å². The monoisotopic (exact) mass is 301 g/mol. The van der Waals surface area contributed by atoms with E-state index in [0.29, 0.717) is 0 Å². The first-order valence-corrected chi connectivity index (χ1v) is 5.41. The Balaban J connectivity index is 2.90. The second kappa shape index (κ2) is 5.71. The first-order valence-electron chi connectivity index (χ1n) is 4.62. The highest BCUT2D eigenvalue weighted by Crippen LogP contribution is 2.28. The fourth-order valence-corrected chi connectivity index (χ4v) is 1.39. The minimum absolute atomic E-state index is 0.109. The van der Waals surface area contributed by atoms with E-state index < -0.39 is 19.0 Å². The fourth-order valence-electron chi connectivity index (χ4n) is 1.06. The molecule has 1 aromatic carbocycles. The molecule has 0 aliphatic heterocycles. The van der Waals surface area contributed by atoms with Crippen LogP contribution in [-0.2, 0) is 0 Å². The molecular formula is C10H8ClF4NOS. The summed E-state index contributed by atoms with van der Waals surface area (Å²) in [6.07, 6.45) is -3.81. The van der Waals surface area contributed by atoms with Crippen molar-refractivity contribution in [2.24, 2.45) is 5.73 Å². The average molecular weight is 302 g/mol. The Labute approximate surface area is 111 Å². The molecule has 0 saturated carbocycles. The van der Waals surface area contributed by atoms with Gasteiger partial charge in [0.25, 0.3) is 0 Å². The summed E-state index contributed by atoms with van der Waals surface area (Å²) in [6, 6.07) is 3.96. The van der Waals surface area contributed by atoms with Crippen molar-refractivity contribution in [3.05, 3.63) is 28.8 Å². The van der Waals surface area contributed by atoms with Crippen molar-refractivity contribution >= 4 is 28.8 Å². The summed E-state index contributed by atoms with van der Waals surface area (Å²) >= 11 is 10.3. The predicted octanol–water partition coefficient (Wildman–Crippen LogP) is 3.25. The second-order valence-corrected chi connectivity index (χ2v) is 4.23. The zero-order valence-corrected chi connectivity index (χ0v) is 10.4. The molecular weight excluding hydrogens is 294 g/mol. The maximum Gasteiger partial charge on any atom is 0.340 e. The van der Waals surface area contributed by atoms with Crippen LogP contribution in [0.3, 0.4) is 0 Å². The molecule has 18 heavy (non-hydrogen) atoms. The summed E-state index contributed by atoms with van der Waals surface area (Å²) in [5, 5.41) is 0.186. The Morgan fingerprint density at radius 1 is 1.44 bits per heavy atom. The number of ether oxygens (including phenoxy) is 1. The lowest BCUT2D eigenvalue weighted by Gasteiger charge is -2.17. The Kier molecular flexibility index (Phi) is 4.75. The molecule has 0 aliphatic carbocycles. The first-order chi connectivity index (χ1) is 8.24. The van der Waals surface area contributed by atoms with Gasteiger partial charge in [0, 0.05) is 5.02 Å². The number of thiocarbonyl (C=S) groups is 1. The molecule has 0 spiro atoms. The molecule has 0 unspecified atom stereocenters. The van der Waals surface area contributed by atoms with E-state index in [2.05, 4.69) is 17.0 Å². The molecule has 0 fully saturated rings. The zero-order chi connectivity index (χ0) is 13.9. The summed E-state index contributed by atoms with van der Waals surface area (Å²) in [4.78, 5) is -0.109. The van der Waals surface area contributed by atoms with Gasteiger partial charge in [0.2, 0.25) is 0 Å². The molecule has 100 valence electrons. The van der Waals surface area contributed by atoms with Gasteiger partial charge >= 0.3 is 12.3 Å². The van der Waals surface area contributed by atoms with E-state index in [4.69, 9.17) is 17.3 Å². The van der Waals surface area contributed by atoms with Crippen molar-refractivity contribution in [1.29, 1.82) is 0 Å². The Morgan fingerprint density at radius 3 is 2.56 bits per heavy atom. The molecule has 1 aromatic rings. The van der Waals surface area contributed by atoms with Crippen LogP contribution in [0.2, 0.25) is 5.02 Å². The number of hydrogen-bond donors (Lipinski definition) is 1. The zero-order valence-electron chi connectivity index (χ0n) is 8.80. The van der Waals surface area contributed by atoms with Crippen molar-refractivity contribution < 1.29 is 22.3 Å². The Morgan fingerprint density at radius 2 is 2.06 bits per heavy atom. The van der Waals surface area contributed by atoms with Crippen molar-refractivity contribution in [3.63, 3.8) is 0 Å². The number of nitrogens with two attached hydrogens (primary N) is 1. The van der Waals surface area contributed by atoms with Crippen LogP contribution in [0.15, 0.2) is 18.2 Å². The quantitative estimate of drug-likeness (QED) is 0.670. The van der Waals surface area contributed by atoms with Gasteiger partial charge in [-0.25, -0.2) is 8.78 Å². The van der Waals surface area contributed by atoms with E-state index in [1.54, 1.807) is 0 Å². The molecule has 0 aliphatic rings. The Bertz CT molecular complexity index is 456. The summed E-state index contributed by atoms with van der Waals surface area (Å²) in [7, 11) is 0. The molecule has 0 heterocycles.